The van der Waals surface area contributed by atoms with Gasteiger partial charge in [-0.3, -0.25) is 4.79 Å². The lowest BCUT2D eigenvalue weighted by atomic mass is 10.1. The van der Waals surface area contributed by atoms with Crippen LogP contribution in [-0.2, 0) is 0 Å². The first-order valence-electron chi connectivity index (χ1n) is 8.94. The number of rotatable bonds is 6. The second-order valence-corrected chi connectivity index (χ2v) is 7.73. The van der Waals surface area contributed by atoms with Gasteiger partial charge in [-0.05, 0) is 59.5 Å². The number of amides is 1. The van der Waals surface area contributed by atoms with Gasteiger partial charge < -0.3 is 10.1 Å². The second kappa shape index (κ2) is 8.51. The van der Waals surface area contributed by atoms with E-state index in [9.17, 15) is 4.79 Å². The molecule has 7 heteroatoms. The number of methoxy groups -OCH3 is 1. The molecule has 5 nitrogen and oxygen atoms in total. The van der Waals surface area contributed by atoms with Crippen molar-refractivity contribution >= 4 is 28.8 Å². The highest BCUT2D eigenvalue weighted by Gasteiger charge is 2.20. The Labute approximate surface area is 177 Å². The van der Waals surface area contributed by atoms with E-state index in [1.54, 1.807) is 35.4 Å². The maximum Gasteiger partial charge on any atom is 0.272 e. The van der Waals surface area contributed by atoms with Gasteiger partial charge >= 0.3 is 0 Å². The molecule has 2 aromatic heterocycles. The molecule has 29 heavy (non-hydrogen) atoms. The smallest absolute Gasteiger partial charge is 0.272 e. The van der Waals surface area contributed by atoms with E-state index in [4.69, 9.17) is 16.3 Å². The van der Waals surface area contributed by atoms with Gasteiger partial charge in [0.1, 0.15) is 5.75 Å². The first-order chi connectivity index (χ1) is 14.1. The fraction of sp³-hybridized carbons (Fsp3) is 0.0909. The highest BCUT2D eigenvalue weighted by molar-refractivity contribution is 7.10. The highest BCUT2D eigenvalue weighted by Crippen LogP contribution is 2.27. The van der Waals surface area contributed by atoms with Crippen LogP contribution in [0.25, 0.3) is 5.69 Å². The zero-order valence-electron chi connectivity index (χ0n) is 15.6. The fourth-order valence-electron chi connectivity index (χ4n) is 2.96. The lowest BCUT2D eigenvalue weighted by Gasteiger charge is -2.17. The number of hydrogen-bond acceptors (Lipinski definition) is 4. The molecule has 0 aliphatic rings. The summed E-state index contributed by atoms with van der Waals surface area (Å²) in [4.78, 5) is 13.9. The molecule has 1 N–H and O–H groups in total. The van der Waals surface area contributed by atoms with Crippen LogP contribution in [0.15, 0.2) is 78.3 Å². The van der Waals surface area contributed by atoms with Crippen LogP contribution in [0.3, 0.4) is 0 Å². The first-order valence-corrected chi connectivity index (χ1v) is 10.2. The Morgan fingerprint density at radius 3 is 2.52 bits per heavy atom. The molecule has 2 aromatic carbocycles. The maximum absolute atomic E-state index is 12.9. The average Bonchev–Trinajstić information content (AvgIpc) is 3.45. The molecule has 0 saturated carbocycles. The highest BCUT2D eigenvalue weighted by atomic mass is 35.5. The summed E-state index contributed by atoms with van der Waals surface area (Å²) in [6, 6.07) is 20.3. The third kappa shape index (κ3) is 4.34. The molecular weight excluding hydrogens is 406 g/mol. The SMILES string of the molecule is COc1ccc(-n2ccc(C(=O)NC(c3ccc(Cl)cc3)c3cccs3)n2)cc1. The van der Waals surface area contributed by atoms with Gasteiger partial charge in [0.15, 0.2) is 5.69 Å². The van der Waals surface area contributed by atoms with Gasteiger partial charge in [0.2, 0.25) is 0 Å². The number of hydrogen-bond donors (Lipinski definition) is 1. The number of aromatic nitrogens is 2. The number of ether oxygens (including phenoxy) is 1. The van der Waals surface area contributed by atoms with Crippen molar-refractivity contribution in [2.24, 2.45) is 0 Å². The minimum atomic E-state index is -0.272. The monoisotopic (exact) mass is 423 g/mol. The molecule has 1 atom stereocenters. The van der Waals surface area contributed by atoms with Crippen molar-refractivity contribution in [1.82, 2.24) is 15.1 Å². The number of nitrogens with one attached hydrogen (secondary N) is 1. The van der Waals surface area contributed by atoms with Crippen LogP contribution in [0.4, 0.5) is 0 Å². The zero-order valence-corrected chi connectivity index (χ0v) is 17.2. The molecule has 0 aliphatic carbocycles. The lowest BCUT2D eigenvalue weighted by Crippen LogP contribution is -2.29. The summed E-state index contributed by atoms with van der Waals surface area (Å²) in [5.41, 5.74) is 2.15. The Hall–Kier alpha value is -3.09. The van der Waals surface area contributed by atoms with Crippen LogP contribution >= 0.6 is 22.9 Å². The van der Waals surface area contributed by atoms with E-state index in [2.05, 4.69) is 10.4 Å². The van der Waals surface area contributed by atoms with E-state index in [1.165, 1.54) is 0 Å². The zero-order chi connectivity index (χ0) is 20.2. The van der Waals surface area contributed by atoms with Crippen LogP contribution in [0.1, 0.15) is 27.0 Å². The van der Waals surface area contributed by atoms with Gasteiger partial charge in [-0.1, -0.05) is 29.8 Å². The number of halogens is 1. The minimum absolute atomic E-state index is 0.245. The van der Waals surface area contributed by atoms with Gasteiger partial charge in [0.05, 0.1) is 18.8 Å². The second-order valence-electron chi connectivity index (χ2n) is 6.32. The Morgan fingerprint density at radius 2 is 1.86 bits per heavy atom. The number of benzene rings is 2. The summed E-state index contributed by atoms with van der Waals surface area (Å²) >= 11 is 7.61. The third-order valence-corrected chi connectivity index (χ3v) is 5.65. The summed E-state index contributed by atoms with van der Waals surface area (Å²) in [6.07, 6.45) is 1.76. The van der Waals surface area contributed by atoms with Crippen molar-refractivity contribution in [3.05, 3.63) is 99.5 Å². The average molecular weight is 424 g/mol. The normalized spacial score (nSPS) is 11.8. The Balaban J connectivity index is 1.56. The molecular formula is C22H18ClN3O2S. The van der Waals surface area contributed by atoms with Crippen LogP contribution in [0.5, 0.6) is 5.75 Å². The van der Waals surface area contributed by atoms with Crippen LogP contribution in [0.2, 0.25) is 5.02 Å². The summed E-state index contributed by atoms with van der Waals surface area (Å²) in [7, 11) is 1.62. The number of carbonyl (C=O) groups excluding carboxylic acids is 1. The van der Waals surface area contributed by atoms with E-state index in [0.29, 0.717) is 10.7 Å². The molecule has 2 heterocycles. The Morgan fingerprint density at radius 1 is 1.10 bits per heavy atom. The van der Waals surface area contributed by atoms with Gasteiger partial charge in [0.25, 0.3) is 5.91 Å². The number of nitrogens with zero attached hydrogens (tertiary/aromatic N) is 2. The predicted molar refractivity (Wildman–Crippen MR) is 115 cm³/mol. The van der Waals surface area contributed by atoms with Crippen molar-refractivity contribution in [2.45, 2.75) is 6.04 Å². The summed E-state index contributed by atoms with van der Waals surface area (Å²) in [5, 5.41) is 10.2. The summed E-state index contributed by atoms with van der Waals surface area (Å²) in [6.45, 7) is 0. The van der Waals surface area contributed by atoms with Crippen LogP contribution in [-0.4, -0.2) is 22.8 Å². The molecule has 1 unspecified atom stereocenters. The van der Waals surface area contributed by atoms with Crippen LogP contribution < -0.4 is 10.1 Å². The van der Waals surface area contributed by atoms with Crippen molar-refractivity contribution in [3.8, 4) is 11.4 Å². The van der Waals surface area contributed by atoms with Crippen molar-refractivity contribution in [3.63, 3.8) is 0 Å². The summed E-state index contributed by atoms with van der Waals surface area (Å²) in [5.74, 6) is 0.520. The molecule has 4 rings (SSSR count). The topological polar surface area (TPSA) is 56.1 Å². The Kier molecular flexibility index (Phi) is 5.64. The van der Waals surface area contributed by atoms with E-state index in [1.807, 2.05) is 66.0 Å². The molecule has 0 aliphatic heterocycles. The molecule has 0 fully saturated rings. The molecule has 1 amide bonds. The first kappa shape index (κ1) is 19.2. The fourth-order valence-corrected chi connectivity index (χ4v) is 3.89. The third-order valence-electron chi connectivity index (χ3n) is 4.47. The van der Waals surface area contributed by atoms with Crippen LogP contribution in [0, 0.1) is 0 Å². The Bertz CT molecular complexity index is 1090. The maximum atomic E-state index is 12.9. The number of carbonyl (C=O) groups is 1. The molecule has 4 aromatic rings. The van der Waals surface area contributed by atoms with Crippen molar-refractivity contribution in [2.75, 3.05) is 7.11 Å². The minimum Gasteiger partial charge on any atom is -0.497 e. The van der Waals surface area contributed by atoms with E-state index in [0.717, 1.165) is 21.9 Å². The molecule has 0 saturated heterocycles. The van der Waals surface area contributed by atoms with Gasteiger partial charge in [-0.25, -0.2) is 4.68 Å². The van der Waals surface area contributed by atoms with Crippen molar-refractivity contribution < 1.29 is 9.53 Å². The molecule has 0 bridgehead atoms. The lowest BCUT2D eigenvalue weighted by molar-refractivity contribution is 0.0938. The molecule has 146 valence electrons. The van der Waals surface area contributed by atoms with E-state index < -0.39 is 0 Å². The summed E-state index contributed by atoms with van der Waals surface area (Å²) < 4.78 is 6.84. The quantitative estimate of drug-likeness (QED) is 0.468. The van der Waals surface area contributed by atoms with Gasteiger partial charge in [-0.15, -0.1) is 11.3 Å². The standard InChI is InChI=1S/C22H18ClN3O2S/c1-28-18-10-8-17(9-11-18)26-13-12-19(25-26)22(27)24-21(20-3-2-14-29-20)15-4-6-16(23)7-5-15/h2-14,21H,1H3,(H,24,27). The largest absolute Gasteiger partial charge is 0.497 e. The van der Waals surface area contributed by atoms with E-state index in [-0.39, 0.29) is 11.9 Å². The van der Waals surface area contributed by atoms with Gasteiger partial charge in [0, 0.05) is 16.1 Å². The molecule has 0 spiro atoms. The molecule has 0 radical (unpaired) electrons. The number of thiophene rings is 1. The van der Waals surface area contributed by atoms with E-state index >= 15 is 0 Å². The predicted octanol–water partition coefficient (Wildman–Crippen LogP) is 5.12. The van der Waals surface area contributed by atoms with Gasteiger partial charge in [-0.2, -0.15) is 5.10 Å². The van der Waals surface area contributed by atoms with Crippen molar-refractivity contribution in [1.29, 1.82) is 0 Å².